The van der Waals surface area contributed by atoms with Gasteiger partial charge in [0.25, 0.3) is 0 Å². The Morgan fingerprint density at radius 3 is 2.82 bits per heavy atom. The highest BCUT2D eigenvalue weighted by Crippen LogP contribution is 2.35. The van der Waals surface area contributed by atoms with Gasteiger partial charge < -0.3 is 14.2 Å². The molecule has 0 radical (unpaired) electrons. The summed E-state index contributed by atoms with van der Waals surface area (Å²) in [4.78, 5) is 14.8. The zero-order valence-electron chi connectivity index (χ0n) is 16.1. The second-order valence-electron chi connectivity index (χ2n) is 7.22. The van der Waals surface area contributed by atoms with E-state index in [4.69, 9.17) is 14.2 Å². The third-order valence-corrected chi connectivity index (χ3v) is 5.19. The second kappa shape index (κ2) is 7.89. The Kier molecular flexibility index (Phi) is 5.32. The van der Waals surface area contributed by atoms with Gasteiger partial charge in [0, 0.05) is 18.0 Å². The lowest BCUT2D eigenvalue weighted by Gasteiger charge is -2.37. The van der Waals surface area contributed by atoms with Crippen LogP contribution >= 0.6 is 0 Å². The molecule has 0 saturated carbocycles. The molecule has 0 N–H and O–H groups in total. The van der Waals surface area contributed by atoms with Crippen molar-refractivity contribution in [1.29, 1.82) is 0 Å². The van der Waals surface area contributed by atoms with Gasteiger partial charge in [0.1, 0.15) is 17.1 Å². The lowest BCUT2D eigenvalue weighted by molar-refractivity contribution is -0.0632. The molecule has 2 aromatic rings. The predicted octanol–water partition coefficient (Wildman–Crippen LogP) is 2.21. The van der Waals surface area contributed by atoms with Gasteiger partial charge in [-0.2, -0.15) is 5.10 Å². The molecule has 2 aliphatic rings. The number of carbonyl (C=O) groups excluding carboxylic acids is 1. The van der Waals surface area contributed by atoms with Crippen molar-refractivity contribution < 1.29 is 23.4 Å². The quantitative estimate of drug-likeness (QED) is 0.706. The summed E-state index contributed by atoms with van der Waals surface area (Å²) in [5.41, 5.74) is 0.704. The van der Waals surface area contributed by atoms with Crippen molar-refractivity contribution >= 4 is 5.97 Å². The third-order valence-electron chi connectivity index (χ3n) is 5.19. The number of carbonyl (C=O) groups is 1. The molecular formula is C20H24FN3O4. The number of rotatable bonds is 6. The molecule has 3 heterocycles. The number of esters is 1. The monoisotopic (exact) mass is 389 g/mol. The molecule has 0 aliphatic carbocycles. The van der Waals surface area contributed by atoms with E-state index in [2.05, 4.69) is 17.0 Å². The third kappa shape index (κ3) is 3.49. The zero-order valence-corrected chi connectivity index (χ0v) is 16.1. The van der Waals surface area contributed by atoms with Crippen LogP contribution in [-0.4, -0.2) is 66.7 Å². The van der Waals surface area contributed by atoms with E-state index in [9.17, 15) is 9.18 Å². The van der Waals surface area contributed by atoms with E-state index >= 15 is 0 Å². The van der Waals surface area contributed by atoms with Crippen LogP contribution in [0.1, 0.15) is 17.3 Å². The fourth-order valence-corrected chi connectivity index (χ4v) is 3.58. The van der Waals surface area contributed by atoms with Crippen LogP contribution < -0.4 is 4.74 Å². The summed E-state index contributed by atoms with van der Waals surface area (Å²) in [6, 6.07) is 6.70. The topological polar surface area (TPSA) is 65.8 Å². The fraction of sp³-hybridized carbons (Fsp3) is 0.500. The normalized spacial score (nSPS) is 19.1. The van der Waals surface area contributed by atoms with Gasteiger partial charge in [-0.25, -0.2) is 13.9 Å². The summed E-state index contributed by atoms with van der Waals surface area (Å²) in [7, 11) is 2.07. The molecule has 8 heteroatoms. The van der Waals surface area contributed by atoms with Crippen LogP contribution in [0.4, 0.5) is 4.39 Å². The minimum absolute atomic E-state index is 0.186. The van der Waals surface area contributed by atoms with Crippen molar-refractivity contribution in [3.63, 3.8) is 0 Å². The number of fused-ring (bicyclic) bond motifs is 1. The average molecular weight is 389 g/mol. The van der Waals surface area contributed by atoms with Gasteiger partial charge in [0.2, 0.25) is 5.88 Å². The summed E-state index contributed by atoms with van der Waals surface area (Å²) in [6.07, 6.45) is 0. The van der Waals surface area contributed by atoms with E-state index in [1.165, 1.54) is 6.07 Å². The van der Waals surface area contributed by atoms with Crippen LogP contribution in [0.25, 0.3) is 11.3 Å². The van der Waals surface area contributed by atoms with Gasteiger partial charge in [-0.05, 0) is 26.1 Å². The average Bonchev–Trinajstić information content (AvgIpc) is 2.99. The Morgan fingerprint density at radius 2 is 2.14 bits per heavy atom. The van der Waals surface area contributed by atoms with E-state index in [0.29, 0.717) is 25.1 Å². The van der Waals surface area contributed by atoms with Gasteiger partial charge in [0.05, 0.1) is 39.0 Å². The molecule has 0 spiro atoms. The number of ether oxygens (including phenoxy) is 3. The molecule has 0 amide bonds. The lowest BCUT2D eigenvalue weighted by atomic mass is 10.1. The maximum atomic E-state index is 14.4. The van der Waals surface area contributed by atoms with Gasteiger partial charge in [-0.1, -0.05) is 12.1 Å². The smallest absolute Gasteiger partial charge is 0.345 e. The van der Waals surface area contributed by atoms with Crippen molar-refractivity contribution in [2.45, 2.75) is 19.5 Å². The lowest BCUT2D eigenvalue weighted by Crippen LogP contribution is -2.49. The molecule has 1 saturated heterocycles. The summed E-state index contributed by atoms with van der Waals surface area (Å²) < 4.78 is 32.4. The van der Waals surface area contributed by atoms with E-state index < -0.39 is 11.8 Å². The maximum absolute atomic E-state index is 14.4. The molecule has 2 aliphatic heterocycles. The van der Waals surface area contributed by atoms with Crippen LogP contribution in [0.2, 0.25) is 0 Å². The first-order valence-corrected chi connectivity index (χ1v) is 9.52. The van der Waals surface area contributed by atoms with Crippen LogP contribution in [0, 0.1) is 11.7 Å². The Bertz CT molecular complexity index is 865. The first-order chi connectivity index (χ1) is 13.6. The Morgan fingerprint density at radius 1 is 1.36 bits per heavy atom. The minimum Gasteiger partial charge on any atom is -0.477 e. The fourth-order valence-electron chi connectivity index (χ4n) is 3.58. The predicted molar refractivity (Wildman–Crippen MR) is 99.8 cm³/mol. The summed E-state index contributed by atoms with van der Waals surface area (Å²) in [5, 5.41) is 4.53. The highest BCUT2D eigenvalue weighted by Gasteiger charge is 2.34. The number of hydrogen-bond donors (Lipinski definition) is 0. The first-order valence-electron chi connectivity index (χ1n) is 9.52. The Labute approximate surface area is 163 Å². The van der Waals surface area contributed by atoms with Crippen molar-refractivity contribution in [3.8, 4) is 17.1 Å². The standard InChI is InChI=1S/C20H24FN3O4/c1-3-27-20(25)17-18(15-6-4-5-7-16(15)21)22-24-9-13(10-28-19(17)24)8-23(2)14-11-26-12-14/h4-7,13-14H,3,8-12H2,1-2H3. The van der Waals surface area contributed by atoms with Crippen molar-refractivity contribution in [2.75, 3.05) is 40.0 Å². The number of likely N-dealkylation sites (N-methyl/N-ethyl adjacent to an activating group) is 1. The van der Waals surface area contributed by atoms with Crippen LogP contribution in [-0.2, 0) is 16.0 Å². The molecule has 1 fully saturated rings. The Balaban J connectivity index is 1.64. The van der Waals surface area contributed by atoms with Gasteiger partial charge in [-0.15, -0.1) is 0 Å². The number of aromatic nitrogens is 2. The van der Waals surface area contributed by atoms with E-state index in [1.54, 1.807) is 29.8 Å². The minimum atomic E-state index is -0.552. The van der Waals surface area contributed by atoms with Crippen LogP contribution in [0.15, 0.2) is 24.3 Å². The number of halogens is 1. The van der Waals surface area contributed by atoms with Crippen LogP contribution in [0.3, 0.4) is 0 Å². The SMILES string of the molecule is CCOC(=O)c1c(-c2ccccc2F)nn2c1OCC(CN(C)C1COC1)C2. The maximum Gasteiger partial charge on any atom is 0.345 e. The molecular weight excluding hydrogens is 365 g/mol. The molecule has 0 bridgehead atoms. The number of benzene rings is 1. The van der Waals surface area contributed by atoms with Gasteiger partial charge in [-0.3, -0.25) is 4.90 Å². The summed E-state index contributed by atoms with van der Waals surface area (Å²) in [5.74, 6) is -0.432. The first kappa shape index (κ1) is 18.9. The molecule has 1 unspecified atom stereocenters. The van der Waals surface area contributed by atoms with E-state index in [0.717, 1.165) is 19.8 Å². The highest BCUT2D eigenvalue weighted by atomic mass is 19.1. The summed E-state index contributed by atoms with van der Waals surface area (Å²) in [6.45, 7) is 5.34. The number of nitrogens with zero attached hydrogens (tertiary/aromatic N) is 3. The second-order valence-corrected chi connectivity index (χ2v) is 7.22. The molecule has 4 rings (SSSR count). The van der Waals surface area contributed by atoms with Gasteiger partial charge >= 0.3 is 5.97 Å². The van der Waals surface area contributed by atoms with Crippen LogP contribution in [0.5, 0.6) is 5.88 Å². The van der Waals surface area contributed by atoms with E-state index in [1.807, 2.05) is 0 Å². The molecule has 7 nitrogen and oxygen atoms in total. The van der Waals surface area contributed by atoms with Gasteiger partial charge in [0.15, 0.2) is 0 Å². The summed E-state index contributed by atoms with van der Waals surface area (Å²) >= 11 is 0. The molecule has 150 valence electrons. The Hall–Kier alpha value is -2.45. The van der Waals surface area contributed by atoms with E-state index in [-0.39, 0.29) is 29.3 Å². The molecule has 1 atom stereocenters. The van der Waals surface area contributed by atoms with Crippen molar-refractivity contribution in [2.24, 2.45) is 5.92 Å². The number of hydrogen-bond acceptors (Lipinski definition) is 6. The largest absolute Gasteiger partial charge is 0.477 e. The molecule has 1 aromatic heterocycles. The highest BCUT2D eigenvalue weighted by molar-refractivity contribution is 5.99. The molecule has 1 aromatic carbocycles. The van der Waals surface area contributed by atoms with Crippen molar-refractivity contribution in [3.05, 3.63) is 35.6 Å². The van der Waals surface area contributed by atoms with Crippen molar-refractivity contribution in [1.82, 2.24) is 14.7 Å². The molecule has 28 heavy (non-hydrogen) atoms. The zero-order chi connectivity index (χ0) is 19.7.